The van der Waals surface area contributed by atoms with E-state index in [1.807, 2.05) is 0 Å². The Bertz CT molecular complexity index is 995. The Morgan fingerprint density at radius 1 is 1.08 bits per heavy atom. The maximum Gasteiger partial charge on any atom is 0.254 e. The molecule has 0 atom stereocenters. The third-order valence-electron chi connectivity index (χ3n) is 4.31. The molecule has 2 heterocycles. The number of aryl methyl sites for hydroxylation is 1. The van der Waals surface area contributed by atoms with Gasteiger partial charge in [-0.25, -0.2) is 12.8 Å². The van der Waals surface area contributed by atoms with E-state index in [1.165, 1.54) is 44.2 Å². The molecule has 1 aliphatic rings. The molecule has 1 aromatic carbocycles. The molecule has 7 nitrogen and oxygen atoms in total. The number of benzene rings is 1. The lowest BCUT2D eigenvalue weighted by molar-refractivity contribution is 0.0697. The second-order valence-corrected chi connectivity index (χ2v) is 7.96. The van der Waals surface area contributed by atoms with Gasteiger partial charge in [0.15, 0.2) is 0 Å². The zero-order valence-corrected chi connectivity index (χ0v) is 14.9. The molecule has 0 radical (unpaired) electrons. The Balaban J connectivity index is 1.71. The standard InChI is InChI=1S/C17H18FN3O4S/c1-19-6-5-13(11-16(19)22)17(23)20-7-9-21(10-8-20)26(24,25)15-4-2-3-14(18)12-15/h2-6,11-12H,7-10H2,1H3. The van der Waals surface area contributed by atoms with E-state index in [0.717, 1.165) is 6.07 Å². The summed E-state index contributed by atoms with van der Waals surface area (Å²) >= 11 is 0. The largest absolute Gasteiger partial charge is 0.336 e. The molecule has 0 spiro atoms. The van der Waals surface area contributed by atoms with E-state index in [9.17, 15) is 22.4 Å². The van der Waals surface area contributed by atoms with E-state index in [4.69, 9.17) is 0 Å². The van der Waals surface area contributed by atoms with Crippen LogP contribution in [-0.4, -0.2) is 54.3 Å². The maximum absolute atomic E-state index is 13.3. The van der Waals surface area contributed by atoms with Crippen LogP contribution >= 0.6 is 0 Å². The molecule has 1 fully saturated rings. The lowest BCUT2D eigenvalue weighted by Crippen LogP contribution is -2.50. The Hall–Kier alpha value is -2.52. The number of amides is 1. The van der Waals surface area contributed by atoms with Crippen molar-refractivity contribution in [1.29, 1.82) is 0 Å². The predicted molar refractivity (Wildman–Crippen MR) is 92.7 cm³/mol. The summed E-state index contributed by atoms with van der Waals surface area (Å²) < 4.78 is 41.1. The Kier molecular flexibility index (Phi) is 4.92. The first kappa shape index (κ1) is 18.3. The van der Waals surface area contributed by atoms with Crippen molar-refractivity contribution in [3.63, 3.8) is 0 Å². The third-order valence-corrected chi connectivity index (χ3v) is 6.21. The highest BCUT2D eigenvalue weighted by Gasteiger charge is 2.30. The number of nitrogens with zero attached hydrogens (tertiary/aromatic N) is 3. The molecule has 0 bridgehead atoms. The summed E-state index contributed by atoms with van der Waals surface area (Å²) in [6, 6.07) is 7.66. The van der Waals surface area contributed by atoms with E-state index < -0.39 is 15.8 Å². The molecule has 1 amide bonds. The summed E-state index contributed by atoms with van der Waals surface area (Å²) in [5.41, 5.74) is -0.0160. The summed E-state index contributed by atoms with van der Waals surface area (Å²) in [5, 5.41) is 0. The lowest BCUT2D eigenvalue weighted by atomic mass is 10.2. The average molecular weight is 379 g/mol. The zero-order valence-electron chi connectivity index (χ0n) is 14.1. The van der Waals surface area contributed by atoms with Gasteiger partial charge in [-0.3, -0.25) is 9.59 Å². The molecular weight excluding hydrogens is 361 g/mol. The first-order valence-electron chi connectivity index (χ1n) is 8.01. The van der Waals surface area contributed by atoms with E-state index in [1.54, 1.807) is 13.1 Å². The summed E-state index contributed by atoms with van der Waals surface area (Å²) in [6.45, 7) is 0.607. The van der Waals surface area contributed by atoms with Crippen molar-refractivity contribution in [2.45, 2.75) is 4.90 Å². The normalized spacial score (nSPS) is 15.8. The molecule has 1 aromatic heterocycles. The molecule has 2 aromatic rings. The third kappa shape index (κ3) is 3.54. The number of pyridine rings is 1. The van der Waals surface area contributed by atoms with Crippen LogP contribution in [0.1, 0.15) is 10.4 Å². The number of aromatic nitrogens is 1. The van der Waals surface area contributed by atoms with Crippen LogP contribution in [0.5, 0.6) is 0 Å². The van der Waals surface area contributed by atoms with Crippen molar-refractivity contribution >= 4 is 15.9 Å². The van der Waals surface area contributed by atoms with E-state index >= 15 is 0 Å². The minimum atomic E-state index is -3.81. The fourth-order valence-electron chi connectivity index (χ4n) is 2.77. The molecule has 3 rings (SSSR count). The highest BCUT2D eigenvalue weighted by molar-refractivity contribution is 7.89. The van der Waals surface area contributed by atoms with Gasteiger partial charge in [-0.05, 0) is 24.3 Å². The highest BCUT2D eigenvalue weighted by atomic mass is 32.2. The van der Waals surface area contributed by atoms with Crippen molar-refractivity contribution in [2.75, 3.05) is 26.2 Å². The quantitative estimate of drug-likeness (QED) is 0.785. The van der Waals surface area contributed by atoms with Gasteiger partial charge in [-0.1, -0.05) is 6.07 Å². The van der Waals surface area contributed by atoms with Gasteiger partial charge in [0, 0.05) is 51.1 Å². The van der Waals surface area contributed by atoms with E-state index in [0.29, 0.717) is 0 Å². The Morgan fingerprint density at radius 2 is 1.77 bits per heavy atom. The first-order chi connectivity index (χ1) is 12.3. The monoisotopic (exact) mass is 379 g/mol. The molecule has 0 unspecified atom stereocenters. The zero-order chi connectivity index (χ0) is 18.9. The number of hydrogen-bond donors (Lipinski definition) is 0. The van der Waals surface area contributed by atoms with E-state index in [-0.39, 0.29) is 48.1 Å². The summed E-state index contributed by atoms with van der Waals surface area (Å²) in [6.07, 6.45) is 1.51. The molecule has 138 valence electrons. The summed E-state index contributed by atoms with van der Waals surface area (Å²) in [4.78, 5) is 25.6. The lowest BCUT2D eigenvalue weighted by Gasteiger charge is -2.34. The van der Waals surface area contributed by atoms with Crippen molar-refractivity contribution in [3.8, 4) is 0 Å². The molecule has 26 heavy (non-hydrogen) atoms. The number of halogens is 1. The molecule has 0 N–H and O–H groups in total. The molecule has 0 aliphatic carbocycles. The molecular formula is C17H18FN3O4S. The molecule has 1 saturated heterocycles. The van der Waals surface area contributed by atoms with Gasteiger partial charge < -0.3 is 9.47 Å². The average Bonchev–Trinajstić information content (AvgIpc) is 2.63. The van der Waals surface area contributed by atoms with Crippen molar-refractivity contribution in [3.05, 3.63) is 64.3 Å². The van der Waals surface area contributed by atoms with Crippen LogP contribution in [-0.2, 0) is 17.1 Å². The van der Waals surface area contributed by atoms with Crippen molar-refractivity contribution < 1.29 is 17.6 Å². The minimum Gasteiger partial charge on any atom is -0.336 e. The fourth-order valence-corrected chi connectivity index (χ4v) is 4.23. The van der Waals surface area contributed by atoms with Gasteiger partial charge in [0.25, 0.3) is 11.5 Å². The van der Waals surface area contributed by atoms with Gasteiger partial charge >= 0.3 is 0 Å². The van der Waals surface area contributed by atoms with Gasteiger partial charge in [0.2, 0.25) is 10.0 Å². The number of hydrogen-bond acceptors (Lipinski definition) is 4. The number of carbonyl (C=O) groups is 1. The number of sulfonamides is 1. The van der Waals surface area contributed by atoms with Crippen LogP contribution in [0.15, 0.2) is 52.3 Å². The Morgan fingerprint density at radius 3 is 2.38 bits per heavy atom. The molecule has 9 heteroatoms. The van der Waals surface area contributed by atoms with Crippen molar-refractivity contribution in [2.24, 2.45) is 7.05 Å². The van der Waals surface area contributed by atoms with Gasteiger partial charge in [0.05, 0.1) is 4.90 Å². The smallest absolute Gasteiger partial charge is 0.254 e. The van der Waals surface area contributed by atoms with Crippen molar-refractivity contribution in [1.82, 2.24) is 13.8 Å². The second kappa shape index (κ2) is 7.00. The number of piperazine rings is 1. The van der Waals surface area contributed by atoms with E-state index in [2.05, 4.69) is 0 Å². The van der Waals surface area contributed by atoms with Crippen LogP contribution in [0.2, 0.25) is 0 Å². The van der Waals surface area contributed by atoms with Gasteiger partial charge in [-0.15, -0.1) is 0 Å². The highest BCUT2D eigenvalue weighted by Crippen LogP contribution is 2.19. The predicted octanol–water partition coefficient (Wildman–Crippen LogP) is 0.671. The Labute approximate surface area is 150 Å². The topological polar surface area (TPSA) is 79.7 Å². The van der Waals surface area contributed by atoms with Gasteiger partial charge in [0.1, 0.15) is 5.82 Å². The maximum atomic E-state index is 13.3. The van der Waals surface area contributed by atoms with Crippen LogP contribution in [0.4, 0.5) is 4.39 Å². The minimum absolute atomic E-state index is 0.107. The van der Waals surface area contributed by atoms with Crippen LogP contribution < -0.4 is 5.56 Å². The second-order valence-electron chi connectivity index (χ2n) is 6.02. The molecule has 0 saturated carbocycles. The van der Waals surface area contributed by atoms with Crippen LogP contribution in [0.3, 0.4) is 0 Å². The number of rotatable bonds is 3. The number of carbonyl (C=O) groups excluding carboxylic acids is 1. The SMILES string of the molecule is Cn1ccc(C(=O)N2CCN(S(=O)(=O)c3cccc(F)c3)CC2)cc1=O. The van der Waals surface area contributed by atoms with Gasteiger partial charge in [-0.2, -0.15) is 4.31 Å². The molecule has 1 aliphatic heterocycles. The summed E-state index contributed by atoms with van der Waals surface area (Å²) in [5.74, 6) is -0.934. The fraction of sp³-hybridized carbons (Fsp3) is 0.294. The summed E-state index contributed by atoms with van der Waals surface area (Å²) in [7, 11) is -2.22. The van der Waals surface area contributed by atoms with Crippen LogP contribution in [0.25, 0.3) is 0 Å². The van der Waals surface area contributed by atoms with Crippen LogP contribution in [0, 0.1) is 5.82 Å². The first-order valence-corrected chi connectivity index (χ1v) is 9.45.